The third-order valence-electron chi connectivity index (χ3n) is 2.60. The molecule has 0 spiro atoms. The van der Waals surface area contributed by atoms with Gasteiger partial charge in [-0.2, -0.15) is 4.31 Å². The Morgan fingerprint density at radius 3 is 2.57 bits per heavy atom. The zero-order valence-electron chi connectivity index (χ0n) is 11.8. The Morgan fingerprint density at radius 2 is 2.05 bits per heavy atom. The molecule has 0 heterocycles. The van der Waals surface area contributed by atoms with Gasteiger partial charge in [0.1, 0.15) is 17.3 Å². The molecule has 0 aliphatic heterocycles. The second kappa shape index (κ2) is 7.72. The second-order valence-electron chi connectivity index (χ2n) is 4.22. The molecule has 0 radical (unpaired) electrons. The largest absolute Gasteiger partial charge is 0.465 e. The summed E-state index contributed by atoms with van der Waals surface area (Å²) in [4.78, 5) is 11.0. The summed E-state index contributed by atoms with van der Waals surface area (Å²) in [6, 6.07) is 3.29. The zero-order valence-corrected chi connectivity index (χ0v) is 13.4. The van der Waals surface area contributed by atoms with Crippen molar-refractivity contribution >= 4 is 27.6 Å². The van der Waals surface area contributed by atoms with Gasteiger partial charge in [0.15, 0.2) is 0 Å². The highest BCUT2D eigenvalue weighted by Crippen LogP contribution is 2.22. The molecule has 8 heteroatoms. The van der Waals surface area contributed by atoms with Gasteiger partial charge in [-0.25, -0.2) is 12.8 Å². The van der Waals surface area contributed by atoms with E-state index in [1.165, 1.54) is 6.07 Å². The van der Waals surface area contributed by atoms with E-state index in [9.17, 15) is 17.6 Å². The molecule has 1 rings (SSSR count). The lowest BCUT2D eigenvalue weighted by molar-refractivity contribution is -0.143. The van der Waals surface area contributed by atoms with Crippen LogP contribution >= 0.6 is 11.6 Å². The first kappa shape index (κ1) is 17.9. The minimum Gasteiger partial charge on any atom is -0.465 e. The molecule has 118 valence electrons. The summed E-state index contributed by atoms with van der Waals surface area (Å²) in [5.41, 5.74) is 0. The molecule has 21 heavy (non-hydrogen) atoms. The highest BCUT2D eigenvalue weighted by molar-refractivity contribution is 7.89. The number of ether oxygens (including phenoxy) is 1. The number of rotatable bonds is 7. The number of hydrogen-bond donors (Lipinski definition) is 0. The van der Waals surface area contributed by atoms with Gasteiger partial charge in [-0.15, -0.1) is 0 Å². The van der Waals surface area contributed by atoms with E-state index in [4.69, 9.17) is 16.3 Å². The maximum absolute atomic E-state index is 13.8. The minimum atomic E-state index is -4.13. The fourth-order valence-corrected chi connectivity index (χ4v) is 3.39. The summed E-state index contributed by atoms with van der Waals surface area (Å²) in [5, 5.41) is 0.0962. The third kappa shape index (κ3) is 4.66. The molecule has 0 aromatic heterocycles. The summed E-state index contributed by atoms with van der Waals surface area (Å²) in [6.45, 7) is 3.16. The number of nitrogens with zero attached hydrogens (tertiary/aromatic N) is 1. The van der Waals surface area contributed by atoms with Gasteiger partial charge in [-0.3, -0.25) is 4.79 Å². The van der Waals surface area contributed by atoms with Crippen LogP contribution in [0.5, 0.6) is 0 Å². The lowest BCUT2D eigenvalue weighted by Gasteiger charge is -2.21. The summed E-state index contributed by atoms with van der Waals surface area (Å²) in [6.07, 6.45) is 0.480. The van der Waals surface area contributed by atoms with Gasteiger partial charge in [0.2, 0.25) is 10.0 Å². The van der Waals surface area contributed by atoms with E-state index in [0.717, 1.165) is 16.4 Å². The number of esters is 1. The first-order valence-electron chi connectivity index (χ1n) is 6.43. The van der Waals surface area contributed by atoms with Crippen LogP contribution in [0.3, 0.4) is 0 Å². The highest BCUT2D eigenvalue weighted by atomic mass is 35.5. The van der Waals surface area contributed by atoms with E-state index in [0.29, 0.717) is 6.42 Å². The van der Waals surface area contributed by atoms with Crippen LogP contribution in [0, 0.1) is 5.82 Å². The van der Waals surface area contributed by atoms with Crippen LogP contribution in [0.2, 0.25) is 5.02 Å². The molecule has 0 fully saturated rings. The quantitative estimate of drug-likeness (QED) is 0.717. The maximum atomic E-state index is 13.8. The molecule has 0 aliphatic rings. The van der Waals surface area contributed by atoms with Crippen molar-refractivity contribution in [3.8, 4) is 0 Å². The molecule has 0 unspecified atom stereocenters. The summed E-state index contributed by atoms with van der Waals surface area (Å²) < 4.78 is 44.3. The Bertz CT molecular complexity index is 606. The lowest BCUT2D eigenvalue weighted by atomic mass is 10.3. The van der Waals surface area contributed by atoms with Crippen LogP contribution in [0.1, 0.15) is 20.3 Å². The van der Waals surface area contributed by atoms with Crippen molar-refractivity contribution in [2.45, 2.75) is 25.2 Å². The maximum Gasteiger partial charge on any atom is 0.321 e. The van der Waals surface area contributed by atoms with Crippen LogP contribution in [-0.2, 0) is 19.6 Å². The highest BCUT2D eigenvalue weighted by Gasteiger charge is 2.29. The molecule has 0 saturated carbocycles. The van der Waals surface area contributed by atoms with Crippen molar-refractivity contribution in [1.82, 2.24) is 4.31 Å². The van der Waals surface area contributed by atoms with Crippen molar-refractivity contribution in [2.24, 2.45) is 0 Å². The molecule has 0 amide bonds. The first-order chi connectivity index (χ1) is 9.82. The number of halogens is 2. The van der Waals surface area contributed by atoms with E-state index in [1.54, 1.807) is 13.8 Å². The summed E-state index contributed by atoms with van der Waals surface area (Å²) >= 11 is 5.61. The van der Waals surface area contributed by atoms with Crippen molar-refractivity contribution < 1.29 is 22.3 Å². The topological polar surface area (TPSA) is 63.7 Å². The average molecular weight is 338 g/mol. The van der Waals surface area contributed by atoms with Gasteiger partial charge >= 0.3 is 5.97 Å². The molecule has 0 atom stereocenters. The standard InChI is InChI=1S/C13H17ClFNO4S/c1-3-7-16(9-13(17)20-4-2)21(18,19)12-6-5-10(14)8-11(12)15/h5-6,8H,3-4,7,9H2,1-2H3. The monoisotopic (exact) mass is 337 g/mol. The van der Waals surface area contributed by atoms with E-state index < -0.39 is 33.3 Å². The number of carbonyl (C=O) groups is 1. The van der Waals surface area contributed by atoms with Crippen molar-refractivity contribution in [3.05, 3.63) is 29.0 Å². The van der Waals surface area contributed by atoms with Crippen LogP contribution in [0.25, 0.3) is 0 Å². The second-order valence-corrected chi connectivity index (χ2v) is 6.56. The average Bonchev–Trinajstić information content (AvgIpc) is 2.38. The van der Waals surface area contributed by atoms with E-state index in [1.807, 2.05) is 0 Å². The Labute approximate surface area is 128 Å². The van der Waals surface area contributed by atoms with Gasteiger partial charge in [0.05, 0.1) is 6.61 Å². The Hall–Kier alpha value is -1.18. The lowest BCUT2D eigenvalue weighted by Crippen LogP contribution is -2.37. The fourth-order valence-electron chi connectivity index (χ4n) is 1.71. The SMILES string of the molecule is CCCN(CC(=O)OCC)S(=O)(=O)c1ccc(Cl)cc1F. The number of hydrogen-bond acceptors (Lipinski definition) is 4. The molecule has 1 aromatic rings. The summed E-state index contributed by atoms with van der Waals surface area (Å²) in [7, 11) is -4.13. The number of sulfonamides is 1. The normalized spacial score (nSPS) is 11.7. The number of benzene rings is 1. The fraction of sp³-hybridized carbons (Fsp3) is 0.462. The molecule has 0 aliphatic carbocycles. The van der Waals surface area contributed by atoms with Gasteiger partial charge in [0.25, 0.3) is 0 Å². The van der Waals surface area contributed by atoms with E-state index >= 15 is 0 Å². The van der Waals surface area contributed by atoms with Gasteiger partial charge in [-0.05, 0) is 31.5 Å². The zero-order chi connectivity index (χ0) is 16.0. The predicted octanol–water partition coefficient (Wildman–Crippen LogP) is 2.44. The third-order valence-corrected chi connectivity index (χ3v) is 4.71. The molecule has 1 aromatic carbocycles. The van der Waals surface area contributed by atoms with Crippen molar-refractivity contribution in [1.29, 1.82) is 0 Å². The van der Waals surface area contributed by atoms with E-state index in [-0.39, 0.29) is 18.2 Å². The smallest absolute Gasteiger partial charge is 0.321 e. The van der Waals surface area contributed by atoms with Crippen LogP contribution < -0.4 is 0 Å². The molecule has 0 saturated heterocycles. The summed E-state index contributed by atoms with van der Waals surface area (Å²) in [5.74, 6) is -1.63. The molecule has 0 N–H and O–H groups in total. The van der Waals surface area contributed by atoms with Crippen molar-refractivity contribution in [3.63, 3.8) is 0 Å². The molecule has 0 bridgehead atoms. The predicted molar refractivity (Wildman–Crippen MR) is 77.1 cm³/mol. The minimum absolute atomic E-state index is 0.0865. The first-order valence-corrected chi connectivity index (χ1v) is 8.25. The molecular formula is C13H17ClFNO4S. The van der Waals surface area contributed by atoms with Crippen LogP contribution in [0.4, 0.5) is 4.39 Å². The molecule has 5 nitrogen and oxygen atoms in total. The Kier molecular flexibility index (Phi) is 6.57. The van der Waals surface area contributed by atoms with Crippen LogP contribution in [-0.4, -0.2) is 38.4 Å². The van der Waals surface area contributed by atoms with Gasteiger partial charge in [-0.1, -0.05) is 18.5 Å². The number of carbonyl (C=O) groups excluding carboxylic acids is 1. The van der Waals surface area contributed by atoms with Crippen LogP contribution in [0.15, 0.2) is 23.1 Å². The van der Waals surface area contributed by atoms with E-state index in [2.05, 4.69) is 0 Å². The van der Waals surface area contributed by atoms with Gasteiger partial charge < -0.3 is 4.74 Å². The Balaban J connectivity index is 3.12. The van der Waals surface area contributed by atoms with Crippen molar-refractivity contribution in [2.75, 3.05) is 19.7 Å². The Morgan fingerprint density at radius 1 is 1.38 bits per heavy atom. The molecular weight excluding hydrogens is 321 g/mol. The van der Waals surface area contributed by atoms with Gasteiger partial charge in [0, 0.05) is 11.6 Å².